The van der Waals surface area contributed by atoms with Gasteiger partial charge < -0.3 is 0 Å². The standard InChI is InChI=1S/C78H72N2.Pt/c1-73(2,3)55-35-39-61-62-40-36-56(74(4,5)6)48-66(62)77(65(61)47-55,69-33-19-21-43-79-69)59-31-23-29-53(45-59)72(71(51-25-15-13-16-26-51)52-27-17-14-18-28-52)54-30-24-32-60(46-54)78(70-34-20-22-44-80-70)67-49-57(75(7,8)9)37-41-63(67)64-42-38-58(50-68(64)78)76(10,11)12;/h13-44,47-50H,1-12H3;/q-2;+2. The van der Waals surface area contributed by atoms with E-state index in [0.717, 1.165) is 55.9 Å². The van der Waals surface area contributed by atoms with Crippen LogP contribution in [0.3, 0.4) is 0 Å². The first-order chi connectivity index (χ1) is 38.2. The second kappa shape index (κ2) is 20.5. The average Bonchev–Trinajstić information content (AvgIpc) is 4.07. The van der Waals surface area contributed by atoms with Crippen LogP contribution >= 0.6 is 0 Å². The summed E-state index contributed by atoms with van der Waals surface area (Å²) in [5, 5.41) is 0. The van der Waals surface area contributed by atoms with E-state index in [0.29, 0.717) is 0 Å². The van der Waals surface area contributed by atoms with Crippen molar-refractivity contribution in [3.63, 3.8) is 0 Å². The SMILES string of the molecule is CC(C)(C)c1ccc2c(c1)C(c1[c-]c(C(=C(c3ccccc3)c3ccccc3)c3[c-]c(C4(c5ccccn5)c5cc(C(C)(C)C)ccc5-c5ccc(C(C)(C)C)cc54)ccc3)ccc1)(c1ccccn1)c1cc(C(C)(C)C)ccc1-2.[Pt+2]. The van der Waals surface area contributed by atoms with Crippen LogP contribution in [0, 0.1) is 12.1 Å². The molecule has 0 atom stereocenters. The molecule has 0 fully saturated rings. The van der Waals surface area contributed by atoms with E-state index >= 15 is 0 Å². The zero-order chi connectivity index (χ0) is 56.0. The topological polar surface area (TPSA) is 25.8 Å². The predicted octanol–water partition coefficient (Wildman–Crippen LogP) is 19.0. The largest absolute Gasteiger partial charge is 2.00 e. The van der Waals surface area contributed by atoms with Crippen molar-refractivity contribution in [2.75, 3.05) is 0 Å². The van der Waals surface area contributed by atoms with E-state index in [4.69, 9.17) is 9.97 Å². The zero-order valence-electron chi connectivity index (χ0n) is 49.0. The molecule has 0 spiro atoms. The zero-order valence-corrected chi connectivity index (χ0v) is 51.3. The first-order valence-electron chi connectivity index (χ1n) is 28.6. The van der Waals surface area contributed by atoms with Crippen molar-refractivity contribution in [3.05, 3.63) is 320 Å². The van der Waals surface area contributed by atoms with Crippen LogP contribution in [0.1, 0.15) is 172 Å². The van der Waals surface area contributed by atoms with Crippen LogP contribution in [0.5, 0.6) is 0 Å². The molecule has 0 N–H and O–H groups in total. The number of rotatable bonds is 8. The van der Waals surface area contributed by atoms with Gasteiger partial charge in [-0.2, -0.15) is 0 Å². The third kappa shape index (κ3) is 9.33. The maximum absolute atomic E-state index is 5.38. The van der Waals surface area contributed by atoms with Gasteiger partial charge in [0.2, 0.25) is 0 Å². The van der Waals surface area contributed by atoms with Gasteiger partial charge in [-0.05, 0) is 129 Å². The third-order valence-electron chi connectivity index (χ3n) is 17.1. The van der Waals surface area contributed by atoms with Crippen LogP contribution in [-0.4, -0.2) is 9.97 Å². The summed E-state index contributed by atoms with van der Waals surface area (Å²) in [5.74, 6) is 0. The van der Waals surface area contributed by atoms with Crippen molar-refractivity contribution >= 4 is 11.1 Å². The molecule has 0 aliphatic heterocycles. The van der Waals surface area contributed by atoms with Gasteiger partial charge in [-0.3, -0.25) is 9.97 Å². The monoisotopic (exact) mass is 1230 g/mol. The number of aromatic nitrogens is 2. The molecule has 404 valence electrons. The third-order valence-corrected chi connectivity index (χ3v) is 17.1. The van der Waals surface area contributed by atoms with Crippen molar-refractivity contribution in [1.82, 2.24) is 9.97 Å². The van der Waals surface area contributed by atoms with Gasteiger partial charge in [-0.15, -0.1) is 76.4 Å². The Morgan fingerprint density at radius 1 is 0.321 bits per heavy atom. The van der Waals surface area contributed by atoms with Crippen molar-refractivity contribution < 1.29 is 21.1 Å². The van der Waals surface area contributed by atoms with Gasteiger partial charge in [0, 0.05) is 12.4 Å². The summed E-state index contributed by atoms with van der Waals surface area (Å²) in [4.78, 5) is 10.8. The first-order valence-corrected chi connectivity index (χ1v) is 28.6. The summed E-state index contributed by atoms with van der Waals surface area (Å²) in [6, 6.07) is 85.6. The molecule has 12 rings (SSSR count). The van der Waals surface area contributed by atoms with Gasteiger partial charge >= 0.3 is 21.1 Å². The molecule has 2 nitrogen and oxygen atoms in total. The fourth-order valence-electron chi connectivity index (χ4n) is 12.8. The summed E-state index contributed by atoms with van der Waals surface area (Å²) >= 11 is 0. The molecule has 2 aromatic heterocycles. The number of hydrogen-bond acceptors (Lipinski definition) is 2. The molecule has 2 heterocycles. The van der Waals surface area contributed by atoms with E-state index in [2.05, 4.69) is 289 Å². The van der Waals surface area contributed by atoms with Gasteiger partial charge in [0.1, 0.15) is 0 Å². The summed E-state index contributed by atoms with van der Waals surface area (Å²) in [5.41, 5.74) is 23.1. The Morgan fingerprint density at radius 2 is 0.630 bits per heavy atom. The maximum atomic E-state index is 5.38. The molecule has 81 heavy (non-hydrogen) atoms. The molecular formula is C78H72N2Pt. The van der Waals surface area contributed by atoms with Crippen molar-refractivity contribution in [1.29, 1.82) is 0 Å². The Balaban J connectivity index is 0.00000690. The minimum atomic E-state index is -0.823. The predicted molar refractivity (Wildman–Crippen MR) is 333 cm³/mol. The fourth-order valence-corrected chi connectivity index (χ4v) is 12.8. The summed E-state index contributed by atoms with van der Waals surface area (Å²) in [7, 11) is 0. The van der Waals surface area contributed by atoms with Gasteiger partial charge in [0.25, 0.3) is 0 Å². The van der Waals surface area contributed by atoms with Gasteiger partial charge in [0.05, 0.1) is 22.2 Å². The van der Waals surface area contributed by atoms with Crippen molar-refractivity contribution in [3.8, 4) is 22.3 Å². The molecule has 0 amide bonds. The first kappa shape index (κ1) is 55.4. The van der Waals surface area contributed by atoms with Crippen LogP contribution in [0.2, 0.25) is 0 Å². The number of benzene rings is 8. The second-order valence-electron chi connectivity index (χ2n) is 26.4. The van der Waals surface area contributed by atoms with Crippen molar-refractivity contribution in [2.45, 2.75) is 116 Å². The second-order valence-corrected chi connectivity index (χ2v) is 26.4. The van der Waals surface area contributed by atoms with E-state index in [1.54, 1.807) is 0 Å². The Hall–Kier alpha value is -7.51. The number of nitrogens with zero attached hydrogens (tertiary/aromatic N) is 2. The minimum absolute atomic E-state index is 0. The Bertz CT molecular complexity index is 3620. The molecule has 10 aromatic rings. The summed E-state index contributed by atoms with van der Waals surface area (Å²) < 4.78 is 0. The molecule has 0 saturated heterocycles. The van der Waals surface area contributed by atoms with Crippen LogP contribution in [0.15, 0.2) is 219 Å². The molecule has 2 aliphatic rings. The molecule has 2 aliphatic carbocycles. The van der Waals surface area contributed by atoms with Gasteiger partial charge in [-0.25, -0.2) is 0 Å². The van der Waals surface area contributed by atoms with E-state index in [9.17, 15) is 0 Å². The van der Waals surface area contributed by atoms with Crippen LogP contribution < -0.4 is 0 Å². The molecule has 3 heteroatoms. The van der Waals surface area contributed by atoms with Crippen LogP contribution in [0.25, 0.3) is 33.4 Å². The molecule has 0 radical (unpaired) electrons. The van der Waals surface area contributed by atoms with Crippen molar-refractivity contribution in [2.24, 2.45) is 0 Å². The van der Waals surface area contributed by atoms with Gasteiger partial charge in [0.15, 0.2) is 0 Å². The van der Waals surface area contributed by atoms with Gasteiger partial charge in [-0.1, -0.05) is 229 Å². The smallest absolute Gasteiger partial charge is 0.260 e. The molecule has 0 saturated carbocycles. The van der Waals surface area contributed by atoms with E-state index in [1.807, 2.05) is 24.5 Å². The molecule has 8 aromatic carbocycles. The molecule has 0 unspecified atom stereocenters. The Morgan fingerprint density at radius 3 is 0.914 bits per heavy atom. The Labute approximate surface area is 496 Å². The Kier molecular flexibility index (Phi) is 14.0. The molecule has 0 bridgehead atoms. The fraction of sp³-hybridized carbons (Fsp3) is 0.231. The maximum Gasteiger partial charge on any atom is 2.00 e. The van der Waals surface area contributed by atoms with E-state index in [1.165, 1.54) is 66.8 Å². The van der Waals surface area contributed by atoms with Crippen LogP contribution in [-0.2, 0) is 53.6 Å². The summed E-state index contributed by atoms with van der Waals surface area (Å²) in [6.45, 7) is 27.8. The minimum Gasteiger partial charge on any atom is -0.260 e. The average molecular weight is 1230 g/mol. The molecular weight excluding hydrogens is 1160 g/mol. The van der Waals surface area contributed by atoms with E-state index < -0.39 is 10.8 Å². The summed E-state index contributed by atoms with van der Waals surface area (Å²) in [6.07, 6.45) is 3.92. The van der Waals surface area contributed by atoms with E-state index in [-0.39, 0.29) is 42.7 Å². The number of hydrogen-bond donors (Lipinski definition) is 0. The normalized spacial score (nSPS) is 14.0. The van der Waals surface area contributed by atoms with Crippen LogP contribution in [0.4, 0.5) is 0 Å². The quantitative estimate of drug-likeness (QED) is 0.112. The number of pyridine rings is 2. The number of fused-ring (bicyclic) bond motifs is 6.